The van der Waals surface area contributed by atoms with Crippen molar-refractivity contribution < 1.29 is 13.2 Å². The summed E-state index contributed by atoms with van der Waals surface area (Å²) in [6.45, 7) is 10.2. The number of hydrogen-bond acceptors (Lipinski definition) is 4. The number of aliphatic imine (C=N–C) groups is 1. The van der Waals surface area contributed by atoms with Crippen LogP contribution in [0.4, 0.5) is 0 Å². The third-order valence-corrected chi connectivity index (χ3v) is 9.17. The quantitative estimate of drug-likeness (QED) is 0.356. The van der Waals surface area contributed by atoms with Crippen LogP contribution in [0.3, 0.4) is 0 Å². The van der Waals surface area contributed by atoms with Gasteiger partial charge >= 0.3 is 0 Å². The zero-order valence-corrected chi connectivity index (χ0v) is 20.3. The van der Waals surface area contributed by atoms with E-state index in [1.54, 1.807) is 0 Å². The lowest BCUT2D eigenvalue weighted by Crippen LogP contribution is -2.67. The van der Waals surface area contributed by atoms with Crippen LogP contribution in [-0.4, -0.2) is 68.2 Å². The first-order valence-electron chi connectivity index (χ1n) is 10.2. The summed E-state index contributed by atoms with van der Waals surface area (Å²) in [5, 5.41) is 3.71. The number of nitrogens with zero attached hydrogens (tertiary/aromatic N) is 2. The van der Waals surface area contributed by atoms with Gasteiger partial charge in [0, 0.05) is 37.7 Å². The maximum atomic E-state index is 12.3. The second kappa shape index (κ2) is 8.73. The first-order valence-corrected chi connectivity index (χ1v) is 11.8. The lowest BCUT2D eigenvalue weighted by Gasteiger charge is -2.55. The molecule has 1 spiro atoms. The molecular formula is C19H36IN3O3S. The van der Waals surface area contributed by atoms with Crippen molar-refractivity contribution in [1.29, 1.82) is 0 Å². The highest BCUT2D eigenvalue weighted by atomic mass is 127. The fraction of sp³-hybridized carbons (Fsp3) is 0.947. The molecule has 2 aliphatic carbocycles. The molecule has 158 valence electrons. The number of halogens is 1. The van der Waals surface area contributed by atoms with Gasteiger partial charge in [0.05, 0.1) is 16.6 Å². The van der Waals surface area contributed by atoms with Crippen LogP contribution in [0, 0.1) is 5.41 Å². The molecule has 0 bridgehead atoms. The van der Waals surface area contributed by atoms with Crippen LogP contribution in [0.5, 0.6) is 0 Å². The van der Waals surface area contributed by atoms with Gasteiger partial charge in [-0.15, -0.1) is 24.0 Å². The topological polar surface area (TPSA) is 71.0 Å². The summed E-state index contributed by atoms with van der Waals surface area (Å²) in [7, 11) is -3.05. The first-order chi connectivity index (χ1) is 12.3. The third kappa shape index (κ3) is 4.27. The van der Waals surface area contributed by atoms with Crippen LogP contribution in [0.15, 0.2) is 4.99 Å². The van der Waals surface area contributed by atoms with Crippen molar-refractivity contribution in [2.45, 2.75) is 76.7 Å². The van der Waals surface area contributed by atoms with E-state index in [0.717, 1.165) is 19.0 Å². The van der Waals surface area contributed by atoms with Gasteiger partial charge in [-0.2, -0.15) is 0 Å². The monoisotopic (exact) mass is 513 g/mol. The molecule has 0 aromatic rings. The Labute approximate surface area is 181 Å². The molecule has 1 saturated heterocycles. The van der Waals surface area contributed by atoms with Gasteiger partial charge in [-0.05, 0) is 47.0 Å². The molecule has 2 unspecified atom stereocenters. The van der Waals surface area contributed by atoms with Gasteiger partial charge in [0.15, 0.2) is 15.8 Å². The molecule has 0 amide bonds. The second-order valence-electron chi connectivity index (χ2n) is 8.61. The number of guanidine groups is 1. The number of ether oxygens (including phenoxy) is 1. The molecule has 0 aromatic heterocycles. The molecule has 3 fully saturated rings. The molecule has 3 rings (SSSR count). The van der Waals surface area contributed by atoms with Crippen molar-refractivity contribution in [3.63, 3.8) is 0 Å². The highest BCUT2D eigenvalue weighted by Gasteiger charge is 2.57. The summed E-state index contributed by atoms with van der Waals surface area (Å²) in [5.41, 5.74) is 0.238. The molecule has 6 nitrogen and oxygen atoms in total. The Morgan fingerprint density at radius 1 is 1.26 bits per heavy atom. The molecular weight excluding hydrogens is 477 g/mol. The van der Waals surface area contributed by atoms with Crippen molar-refractivity contribution in [3.05, 3.63) is 0 Å². The van der Waals surface area contributed by atoms with Crippen LogP contribution in [0.2, 0.25) is 0 Å². The van der Waals surface area contributed by atoms with E-state index in [4.69, 9.17) is 9.73 Å². The highest BCUT2D eigenvalue weighted by Crippen LogP contribution is 2.54. The van der Waals surface area contributed by atoms with E-state index >= 15 is 0 Å². The van der Waals surface area contributed by atoms with Gasteiger partial charge in [0.25, 0.3) is 0 Å². The molecule has 0 radical (unpaired) electrons. The average Bonchev–Trinajstić information content (AvgIpc) is 3.08. The molecule has 1 heterocycles. The fourth-order valence-electron chi connectivity index (χ4n) is 4.96. The maximum absolute atomic E-state index is 12.3. The Morgan fingerprint density at radius 2 is 1.93 bits per heavy atom. The van der Waals surface area contributed by atoms with Crippen LogP contribution >= 0.6 is 24.0 Å². The smallest absolute Gasteiger partial charge is 0.194 e. The predicted octanol–water partition coefficient (Wildman–Crippen LogP) is 2.82. The Hall–Kier alpha value is -0.0900. The van der Waals surface area contributed by atoms with E-state index in [2.05, 4.69) is 17.1 Å². The molecule has 2 atom stereocenters. The summed E-state index contributed by atoms with van der Waals surface area (Å²) < 4.78 is 30.0. The normalized spacial score (nSPS) is 31.3. The first kappa shape index (κ1) is 23.2. The van der Waals surface area contributed by atoms with Crippen molar-refractivity contribution in [1.82, 2.24) is 10.2 Å². The SMILES string of the molecule is CCN=C(NC1CC(OCC)C12CCCC2)N1CCS(=O)(=O)C(C)(C)C1.I. The summed E-state index contributed by atoms with van der Waals surface area (Å²) >= 11 is 0. The number of hydrogen-bond donors (Lipinski definition) is 1. The minimum atomic E-state index is -3.05. The number of rotatable bonds is 4. The van der Waals surface area contributed by atoms with Crippen LogP contribution < -0.4 is 5.32 Å². The standard InChI is InChI=1S/C19H35N3O3S.HI/c1-5-20-17(22-11-12-26(23,24)18(3,4)14-22)21-15-13-16(25-6-2)19(15)9-7-8-10-19;/h15-16H,5-14H2,1-4H3,(H,20,21);1H. The van der Waals surface area contributed by atoms with E-state index < -0.39 is 14.6 Å². The van der Waals surface area contributed by atoms with E-state index in [1.165, 1.54) is 25.7 Å². The molecule has 8 heteroatoms. The molecule has 1 N–H and O–H groups in total. The van der Waals surface area contributed by atoms with Gasteiger partial charge in [-0.1, -0.05) is 12.8 Å². The highest BCUT2D eigenvalue weighted by molar-refractivity contribution is 14.0. The van der Waals surface area contributed by atoms with Crippen molar-refractivity contribution in [3.8, 4) is 0 Å². The van der Waals surface area contributed by atoms with Crippen molar-refractivity contribution in [2.24, 2.45) is 10.4 Å². The van der Waals surface area contributed by atoms with Gasteiger partial charge in [-0.25, -0.2) is 8.42 Å². The summed E-state index contributed by atoms with van der Waals surface area (Å²) in [6.07, 6.45) is 6.36. The predicted molar refractivity (Wildman–Crippen MR) is 121 cm³/mol. The zero-order chi connectivity index (χ0) is 19.0. The Bertz CT molecular complexity index is 645. The third-order valence-electron chi connectivity index (χ3n) is 6.64. The van der Waals surface area contributed by atoms with Crippen LogP contribution in [-0.2, 0) is 14.6 Å². The van der Waals surface area contributed by atoms with Gasteiger partial charge in [-0.3, -0.25) is 4.99 Å². The maximum Gasteiger partial charge on any atom is 0.194 e. The van der Waals surface area contributed by atoms with Gasteiger partial charge < -0.3 is 15.0 Å². The summed E-state index contributed by atoms with van der Waals surface area (Å²) in [5.74, 6) is 1.07. The molecule has 3 aliphatic rings. The van der Waals surface area contributed by atoms with Gasteiger partial charge in [0.2, 0.25) is 0 Å². The number of nitrogens with one attached hydrogen (secondary N) is 1. The second-order valence-corrected chi connectivity index (χ2v) is 11.4. The Morgan fingerprint density at radius 3 is 2.48 bits per heavy atom. The molecule has 2 saturated carbocycles. The fourth-order valence-corrected chi connectivity index (χ4v) is 6.32. The van der Waals surface area contributed by atoms with Gasteiger partial charge in [0.1, 0.15) is 0 Å². The van der Waals surface area contributed by atoms with Crippen molar-refractivity contribution in [2.75, 3.05) is 32.0 Å². The van der Waals surface area contributed by atoms with E-state index in [1.807, 2.05) is 20.8 Å². The largest absolute Gasteiger partial charge is 0.378 e. The van der Waals surface area contributed by atoms with Crippen molar-refractivity contribution >= 4 is 39.8 Å². The minimum Gasteiger partial charge on any atom is -0.378 e. The molecule has 27 heavy (non-hydrogen) atoms. The zero-order valence-electron chi connectivity index (χ0n) is 17.2. The lowest BCUT2D eigenvalue weighted by molar-refractivity contribution is -0.126. The molecule has 1 aliphatic heterocycles. The van der Waals surface area contributed by atoms with Crippen LogP contribution in [0.1, 0.15) is 59.8 Å². The molecule has 0 aromatic carbocycles. The average molecular weight is 513 g/mol. The Kier molecular flexibility index (Phi) is 7.50. The Balaban J connectivity index is 0.00000261. The number of sulfone groups is 1. The summed E-state index contributed by atoms with van der Waals surface area (Å²) in [4.78, 5) is 6.84. The van der Waals surface area contributed by atoms with E-state index in [9.17, 15) is 8.42 Å². The van der Waals surface area contributed by atoms with E-state index in [-0.39, 0.29) is 35.1 Å². The lowest BCUT2D eigenvalue weighted by atomic mass is 9.60. The summed E-state index contributed by atoms with van der Waals surface area (Å²) in [6, 6.07) is 0.383. The van der Waals surface area contributed by atoms with Crippen LogP contribution in [0.25, 0.3) is 0 Å². The van der Waals surface area contributed by atoms with E-state index in [0.29, 0.717) is 31.8 Å². The minimum absolute atomic E-state index is 0.